The Bertz CT molecular complexity index is 612. The van der Waals surface area contributed by atoms with Crippen LogP contribution in [-0.2, 0) is 13.1 Å². The van der Waals surface area contributed by atoms with Crippen molar-refractivity contribution in [1.82, 2.24) is 20.0 Å². The van der Waals surface area contributed by atoms with Gasteiger partial charge in [-0.15, -0.1) is 0 Å². The van der Waals surface area contributed by atoms with Gasteiger partial charge >= 0.3 is 5.69 Å². The van der Waals surface area contributed by atoms with E-state index in [0.717, 1.165) is 11.5 Å². The number of aromatic nitrogens is 3. The molecule has 18 heavy (non-hydrogen) atoms. The van der Waals surface area contributed by atoms with Crippen LogP contribution in [-0.4, -0.2) is 27.1 Å². The van der Waals surface area contributed by atoms with Crippen molar-refractivity contribution in [3.8, 4) is 0 Å². The Balaban J connectivity index is 2.04. The summed E-state index contributed by atoms with van der Waals surface area (Å²) in [6.07, 6.45) is 0. The van der Waals surface area contributed by atoms with Crippen LogP contribution in [0.3, 0.4) is 0 Å². The van der Waals surface area contributed by atoms with E-state index in [1.165, 1.54) is 6.07 Å². The molecule has 0 aliphatic carbocycles. The molecule has 0 amide bonds. The molecule has 7 nitrogen and oxygen atoms in total. The van der Waals surface area contributed by atoms with Gasteiger partial charge < -0.3 is 9.51 Å². The molecule has 96 valence electrons. The molecule has 0 aliphatic rings. The summed E-state index contributed by atoms with van der Waals surface area (Å²) in [5.41, 5.74) is 0.469. The monoisotopic (exact) mass is 250 g/mol. The normalized spacial score (nSPS) is 11.1. The van der Waals surface area contributed by atoms with E-state index in [2.05, 4.69) is 15.1 Å². The zero-order chi connectivity index (χ0) is 13.1. The van der Waals surface area contributed by atoms with Crippen LogP contribution >= 0.6 is 0 Å². The van der Waals surface area contributed by atoms with Crippen molar-refractivity contribution in [2.24, 2.45) is 0 Å². The lowest BCUT2D eigenvalue weighted by Crippen LogP contribution is -2.26. The Morgan fingerprint density at radius 3 is 2.67 bits per heavy atom. The minimum Gasteiger partial charge on any atom is -0.361 e. The molecule has 0 bridgehead atoms. The third-order valence-electron chi connectivity index (χ3n) is 2.37. The van der Waals surface area contributed by atoms with Crippen molar-refractivity contribution >= 4 is 0 Å². The predicted octanol–water partition coefficient (Wildman–Crippen LogP) is -0.00838. The summed E-state index contributed by atoms with van der Waals surface area (Å²) in [6.45, 7) is 2.85. The lowest BCUT2D eigenvalue weighted by atomic mass is 10.3. The first kappa shape index (κ1) is 12.3. The molecule has 0 spiro atoms. The van der Waals surface area contributed by atoms with Gasteiger partial charge in [-0.2, -0.15) is 0 Å². The molecule has 0 radical (unpaired) electrons. The van der Waals surface area contributed by atoms with Crippen LogP contribution < -0.4 is 11.2 Å². The van der Waals surface area contributed by atoms with Crippen molar-refractivity contribution in [3.63, 3.8) is 0 Å². The number of nitrogens with zero attached hydrogens (tertiary/aromatic N) is 2. The average Bonchev–Trinajstić information content (AvgIpc) is 2.61. The summed E-state index contributed by atoms with van der Waals surface area (Å²) in [5, 5.41) is 3.88. The number of rotatable bonds is 4. The Kier molecular flexibility index (Phi) is 3.42. The zero-order valence-electron chi connectivity index (χ0n) is 10.2. The second kappa shape index (κ2) is 5.01. The molecular formula is C11H14N4O3. The highest BCUT2D eigenvalue weighted by atomic mass is 16.5. The van der Waals surface area contributed by atoms with E-state index in [9.17, 15) is 9.59 Å². The second-order valence-electron chi connectivity index (χ2n) is 4.21. The molecule has 2 aromatic rings. The van der Waals surface area contributed by atoms with Gasteiger partial charge in [0, 0.05) is 30.9 Å². The fourth-order valence-electron chi connectivity index (χ4n) is 1.72. The first-order valence-electron chi connectivity index (χ1n) is 5.46. The maximum Gasteiger partial charge on any atom is 0.325 e. The molecule has 0 atom stereocenters. The minimum atomic E-state index is -0.497. The highest BCUT2D eigenvalue weighted by Gasteiger charge is 2.06. The lowest BCUT2D eigenvalue weighted by Gasteiger charge is -2.14. The lowest BCUT2D eigenvalue weighted by molar-refractivity contribution is 0.298. The standard InChI is InChI=1S/C11H14N4O3/c1-7-3-9(14-18-7)6-15(2)5-8-4-10(16)13-11(17)12-8/h3-4H,5-6H2,1-2H3,(H2,12,13,16,17). The molecule has 0 saturated heterocycles. The molecule has 0 unspecified atom stereocenters. The van der Waals surface area contributed by atoms with Gasteiger partial charge in [0.15, 0.2) is 0 Å². The van der Waals surface area contributed by atoms with Gasteiger partial charge in [0.1, 0.15) is 5.76 Å². The fourth-order valence-corrected chi connectivity index (χ4v) is 1.72. The van der Waals surface area contributed by atoms with Crippen LogP contribution in [0.1, 0.15) is 17.1 Å². The van der Waals surface area contributed by atoms with Crippen LogP contribution in [0.4, 0.5) is 0 Å². The topological polar surface area (TPSA) is 95.0 Å². The molecule has 2 heterocycles. The van der Waals surface area contributed by atoms with E-state index >= 15 is 0 Å². The van der Waals surface area contributed by atoms with Crippen molar-refractivity contribution in [3.05, 3.63) is 50.1 Å². The smallest absolute Gasteiger partial charge is 0.325 e. The number of hydrogen-bond donors (Lipinski definition) is 2. The van der Waals surface area contributed by atoms with E-state index in [-0.39, 0.29) is 0 Å². The van der Waals surface area contributed by atoms with Gasteiger partial charge in [0.05, 0.1) is 5.69 Å². The van der Waals surface area contributed by atoms with Crippen LogP contribution in [0.15, 0.2) is 26.2 Å². The minimum absolute atomic E-state index is 0.403. The van der Waals surface area contributed by atoms with E-state index in [0.29, 0.717) is 18.8 Å². The maximum absolute atomic E-state index is 11.1. The van der Waals surface area contributed by atoms with Crippen molar-refractivity contribution < 1.29 is 4.52 Å². The molecule has 0 fully saturated rings. The van der Waals surface area contributed by atoms with E-state index in [1.807, 2.05) is 24.9 Å². The molecule has 2 aromatic heterocycles. The first-order chi connectivity index (χ1) is 8.52. The summed E-state index contributed by atoms with van der Waals surface area (Å²) in [6, 6.07) is 3.21. The van der Waals surface area contributed by atoms with Crippen LogP contribution in [0.5, 0.6) is 0 Å². The summed E-state index contributed by atoms with van der Waals surface area (Å²) < 4.78 is 4.96. The van der Waals surface area contributed by atoms with Crippen LogP contribution in [0.25, 0.3) is 0 Å². The molecule has 2 rings (SSSR count). The van der Waals surface area contributed by atoms with Gasteiger partial charge in [-0.3, -0.25) is 14.7 Å². The Labute approximate surface area is 102 Å². The summed E-state index contributed by atoms with van der Waals surface area (Å²) in [7, 11) is 1.86. The van der Waals surface area contributed by atoms with E-state index < -0.39 is 11.2 Å². The number of H-pyrrole nitrogens is 2. The summed E-state index contributed by atoms with van der Waals surface area (Å²) >= 11 is 0. The third kappa shape index (κ3) is 3.17. The van der Waals surface area contributed by atoms with Crippen LogP contribution in [0, 0.1) is 6.92 Å². The molecule has 2 N–H and O–H groups in total. The molecule has 7 heteroatoms. The first-order valence-corrected chi connectivity index (χ1v) is 5.46. The number of hydrogen-bond acceptors (Lipinski definition) is 5. The molecule has 0 aromatic carbocycles. The highest BCUT2D eigenvalue weighted by Crippen LogP contribution is 2.05. The summed E-state index contributed by atoms with van der Waals surface area (Å²) in [5.74, 6) is 0.753. The van der Waals surface area contributed by atoms with Gasteiger partial charge in [-0.1, -0.05) is 5.16 Å². The van der Waals surface area contributed by atoms with Crippen molar-refractivity contribution in [2.75, 3.05) is 7.05 Å². The maximum atomic E-state index is 11.1. The second-order valence-corrected chi connectivity index (χ2v) is 4.21. The zero-order valence-corrected chi connectivity index (χ0v) is 10.2. The van der Waals surface area contributed by atoms with E-state index in [4.69, 9.17) is 4.52 Å². The van der Waals surface area contributed by atoms with Crippen LogP contribution in [0.2, 0.25) is 0 Å². The van der Waals surface area contributed by atoms with Gasteiger partial charge in [-0.25, -0.2) is 4.79 Å². The Morgan fingerprint density at radius 2 is 2.06 bits per heavy atom. The molecule has 0 saturated carbocycles. The predicted molar refractivity (Wildman–Crippen MR) is 64.1 cm³/mol. The van der Waals surface area contributed by atoms with Crippen molar-refractivity contribution in [2.45, 2.75) is 20.0 Å². The molecular weight excluding hydrogens is 236 g/mol. The van der Waals surface area contributed by atoms with Crippen molar-refractivity contribution in [1.29, 1.82) is 0 Å². The number of aryl methyl sites for hydroxylation is 1. The van der Waals surface area contributed by atoms with E-state index in [1.54, 1.807) is 0 Å². The number of aromatic amines is 2. The molecule has 0 aliphatic heterocycles. The highest BCUT2D eigenvalue weighted by molar-refractivity contribution is 5.04. The average molecular weight is 250 g/mol. The van der Waals surface area contributed by atoms with Gasteiger partial charge in [-0.05, 0) is 14.0 Å². The summed E-state index contributed by atoms with van der Waals surface area (Å²) in [4.78, 5) is 28.8. The Hall–Kier alpha value is -2.15. The third-order valence-corrected chi connectivity index (χ3v) is 2.37. The van der Waals surface area contributed by atoms with Gasteiger partial charge in [0.25, 0.3) is 5.56 Å². The number of nitrogens with one attached hydrogen (secondary N) is 2. The SMILES string of the molecule is Cc1cc(CN(C)Cc2cc(=O)[nH]c(=O)[nH]2)no1. The fraction of sp³-hybridized carbons (Fsp3) is 0.364. The quantitative estimate of drug-likeness (QED) is 0.795. The Morgan fingerprint density at radius 1 is 1.28 bits per heavy atom. The largest absolute Gasteiger partial charge is 0.361 e. The van der Waals surface area contributed by atoms with Gasteiger partial charge in [0.2, 0.25) is 0 Å².